The Hall–Kier alpha value is -3.04. The van der Waals surface area contributed by atoms with Crippen LogP contribution in [0.2, 0.25) is 5.02 Å². The molecule has 0 saturated heterocycles. The van der Waals surface area contributed by atoms with Gasteiger partial charge in [-0.05, 0) is 55.2 Å². The van der Waals surface area contributed by atoms with Crippen LogP contribution in [-0.4, -0.2) is 24.6 Å². The van der Waals surface area contributed by atoms with Crippen molar-refractivity contribution in [3.63, 3.8) is 0 Å². The van der Waals surface area contributed by atoms with Gasteiger partial charge in [-0.25, -0.2) is 4.79 Å². The molecule has 0 heterocycles. The molecule has 2 aromatic rings. The van der Waals surface area contributed by atoms with Crippen molar-refractivity contribution in [2.45, 2.75) is 39.7 Å². The molecule has 1 amide bonds. The number of benzene rings is 2. The predicted molar refractivity (Wildman–Crippen MR) is 111 cm³/mol. The normalized spacial score (nSPS) is 11.5. The first-order chi connectivity index (χ1) is 13.7. The van der Waals surface area contributed by atoms with Crippen LogP contribution in [0.4, 0.5) is 5.69 Å². The highest BCUT2D eigenvalue weighted by Crippen LogP contribution is 2.32. The Balaban J connectivity index is 1.96. The number of anilines is 1. The summed E-state index contributed by atoms with van der Waals surface area (Å²) in [5, 5.41) is 12.3. The quantitative estimate of drug-likeness (QED) is 0.669. The summed E-state index contributed by atoms with van der Waals surface area (Å²) < 4.78 is 10.8. The standard InChI is InChI=1S/C22H23ClN2O4/c1-13(2)17-10-18(23)14(3)9-20(17)28-12-21(26)29-15(4)22(27)25-19-8-6-5-7-16(19)11-24/h5-10,13,15H,12H2,1-4H3,(H,25,27)/t15-/m1/s1. The molecule has 29 heavy (non-hydrogen) atoms. The van der Waals surface area contributed by atoms with Gasteiger partial charge in [-0.2, -0.15) is 5.26 Å². The number of rotatable bonds is 7. The second-order valence-corrected chi connectivity index (χ2v) is 7.27. The van der Waals surface area contributed by atoms with Crippen molar-refractivity contribution in [1.29, 1.82) is 5.26 Å². The number of ether oxygens (including phenoxy) is 2. The maximum Gasteiger partial charge on any atom is 0.344 e. The van der Waals surface area contributed by atoms with Gasteiger partial charge in [0.25, 0.3) is 5.91 Å². The average Bonchev–Trinajstić information content (AvgIpc) is 2.68. The third-order valence-electron chi connectivity index (χ3n) is 4.24. The van der Waals surface area contributed by atoms with Gasteiger partial charge < -0.3 is 14.8 Å². The van der Waals surface area contributed by atoms with Gasteiger partial charge in [0.1, 0.15) is 11.8 Å². The van der Waals surface area contributed by atoms with Crippen LogP contribution in [0.3, 0.4) is 0 Å². The molecule has 0 aromatic heterocycles. The van der Waals surface area contributed by atoms with E-state index in [1.54, 1.807) is 30.3 Å². The summed E-state index contributed by atoms with van der Waals surface area (Å²) in [6.45, 7) is 6.96. The monoisotopic (exact) mass is 414 g/mol. The van der Waals surface area contributed by atoms with E-state index < -0.39 is 18.0 Å². The van der Waals surface area contributed by atoms with Gasteiger partial charge in [0.05, 0.1) is 11.3 Å². The molecule has 0 fully saturated rings. The predicted octanol–water partition coefficient (Wildman–Crippen LogP) is 4.59. The van der Waals surface area contributed by atoms with Crippen molar-refractivity contribution in [1.82, 2.24) is 0 Å². The molecule has 0 aliphatic rings. The number of nitrogens with zero attached hydrogens (tertiary/aromatic N) is 1. The van der Waals surface area contributed by atoms with Gasteiger partial charge in [-0.3, -0.25) is 4.79 Å². The van der Waals surface area contributed by atoms with E-state index in [1.807, 2.05) is 32.9 Å². The van der Waals surface area contributed by atoms with Crippen molar-refractivity contribution < 1.29 is 19.1 Å². The van der Waals surface area contributed by atoms with Crippen LogP contribution in [0.5, 0.6) is 5.75 Å². The SMILES string of the molecule is Cc1cc(OCC(=O)O[C@H](C)C(=O)Nc2ccccc2C#N)c(C(C)C)cc1Cl. The minimum absolute atomic E-state index is 0.157. The molecule has 1 N–H and O–H groups in total. The smallest absolute Gasteiger partial charge is 0.344 e. The number of halogens is 1. The van der Waals surface area contributed by atoms with Crippen LogP contribution in [0.25, 0.3) is 0 Å². The molecule has 152 valence electrons. The summed E-state index contributed by atoms with van der Waals surface area (Å²) in [6, 6.07) is 12.2. The lowest BCUT2D eigenvalue weighted by Crippen LogP contribution is -2.32. The zero-order valence-corrected chi connectivity index (χ0v) is 17.5. The number of carbonyl (C=O) groups is 2. The lowest BCUT2D eigenvalue weighted by molar-refractivity contribution is -0.155. The van der Waals surface area contributed by atoms with E-state index in [4.69, 9.17) is 26.3 Å². The largest absolute Gasteiger partial charge is 0.482 e. The molecule has 0 spiro atoms. The fraction of sp³-hybridized carbons (Fsp3) is 0.318. The molecule has 0 saturated carbocycles. The molecule has 0 unspecified atom stereocenters. The van der Waals surface area contributed by atoms with E-state index in [0.29, 0.717) is 22.0 Å². The van der Waals surface area contributed by atoms with Crippen LogP contribution in [0, 0.1) is 18.3 Å². The molecule has 0 aliphatic heterocycles. The molecule has 0 bridgehead atoms. The Morgan fingerprint density at radius 1 is 1.21 bits per heavy atom. The molecular formula is C22H23ClN2O4. The second kappa shape index (κ2) is 9.94. The summed E-state index contributed by atoms with van der Waals surface area (Å²) >= 11 is 6.17. The Morgan fingerprint density at radius 3 is 2.55 bits per heavy atom. The third kappa shape index (κ3) is 5.97. The van der Waals surface area contributed by atoms with Crippen molar-refractivity contribution in [2.24, 2.45) is 0 Å². The van der Waals surface area contributed by atoms with E-state index >= 15 is 0 Å². The fourth-order valence-electron chi connectivity index (χ4n) is 2.59. The molecule has 2 rings (SSSR count). The molecule has 7 heteroatoms. The van der Waals surface area contributed by atoms with Gasteiger partial charge in [0, 0.05) is 5.02 Å². The molecule has 6 nitrogen and oxygen atoms in total. The molecule has 1 atom stereocenters. The van der Waals surface area contributed by atoms with Crippen LogP contribution >= 0.6 is 11.6 Å². The molecular weight excluding hydrogens is 392 g/mol. The van der Waals surface area contributed by atoms with E-state index in [-0.39, 0.29) is 12.5 Å². The third-order valence-corrected chi connectivity index (χ3v) is 4.65. The zero-order valence-electron chi connectivity index (χ0n) is 16.8. The highest BCUT2D eigenvalue weighted by Gasteiger charge is 2.20. The number of para-hydroxylation sites is 1. The summed E-state index contributed by atoms with van der Waals surface area (Å²) in [7, 11) is 0. The van der Waals surface area contributed by atoms with Crippen LogP contribution < -0.4 is 10.1 Å². The highest BCUT2D eigenvalue weighted by atomic mass is 35.5. The van der Waals surface area contributed by atoms with Crippen LogP contribution in [0.15, 0.2) is 36.4 Å². The summed E-state index contributed by atoms with van der Waals surface area (Å²) in [4.78, 5) is 24.4. The van der Waals surface area contributed by atoms with Gasteiger partial charge in [-0.15, -0.1) is 0 Å². The summed E-state index contributed by atoms with van der Waals surface area (Å²) in [5.41, 5.74) is 2.40. The maximum absolute atomic E-state index is 12.3. The minimum atomic E-state index is -1.05. The first kappa shape index (κ1) is 22.3. The molecule has 2 aromatic carbocycles. The Kier molecular flexibility index (Phi) is 7.63. The van der Waals surface area contributed by atoms with Crippen molar-refractivity contribution in [3.05, 3.63) is 58.1 Å². The van der Waals surface area contributed by atoms with Crippen LogP contribution in [-0.2, 0) is 14.3 Å². The molecule has 0 aliphatic carbocycles. The van der Waals surface area contributed by atoms with Gasteiger partial charge in [0.15, 0.2) is 12.7 Å². The van der Waals surface area contributed by atoms with E-state index in [9.17, 15) is 9.59 Å². The minimum Gasteiger partial charge on any atom is -0.482 e. The van der Waals surface area contributed by atoms with Crippen molar-refractivity contribution in [2.75, 3.05) is 11.9 Å². The van der Waals surface area contributed by atoms with Crippen molar-refractivity contribution in [3.8, 4) is 11.8 Å². The fourth-order valence-corrected chi connectivity index (χ4v) is 2.76. The Labute approximate surface area is 175 Å². The van der Waals surface area contributed by atoms with Gasteiger partial charge in [-0.1, -0.05) is 37.6 Å². The van der Waals surface area contributed by atoms with Gasteiger partial charge in [0.2, 0.25) is 0 Å². The second-order valence-electron chi connectivity index (χ2n) is 6.86. The number of nitrogens with one attached hydrogen (secondary N) is 1. The number of hydrogen-bond acceptors (Lipinski definition) is 5. The Bertz CT molecular complexity index is 950. The number of nitriles is 1. The number of carbonyl (C=O) groups excluding carboxylic acids is 2. The summed E-state index contributed by atoms with van der Waals surface area (Å²) in [6.07, 6.45) is -1.05. The average molecular weight is 415 g/mol. The van der Waals surface area contributed by atoms with E-state index in [2.05, 4.69) is 5.32 Å². The lowest BCUT2D eigenvalue weighted by atomic mass is 10.0. The number of esters is 1. The van der Waals surface area contributed by atoms with Gasteiger partial charge >= 0.3 is 5.97 Å². The first-order valence-corrected chi connectivity index (χ1v) is 9.53. The summed E-state index contributed by atoms with van der Waals surface area (Å²) in [5.74, 6) is -0.502. The zero-order chi connectivity index (χ0) is 21.6. The highest BCUT2D eigenvalue weighted by molar-refractivity contribution is 6.31. The van der Waals surface area contributed by atoms with Crippen molar-refractivity contribution >= 4 is 29.2 Å². The number of aryl methyl sites for hydroxylation is 1. The lowest BCUT2D eigenvalue weighted by Gasteiger charge is -2.17. The molecule has 0 radical (unpaired) electrons. The van der Waals surface area contributed by atoms with E-state index in [1.165, 1.54) is 6.92 Å². The topological polar surface area (TPSA) is 88.4 Å². The number of amides is 1. The van der Waals surface area contributed by atoms with Crippen LogP contribution in [0.1, 0.15) is 43.4 Å². The maximum atomic E-state index is 12.3. The Morgan fingerprint density at radius 2 is 1.90 bits per heavy atom. The number of hydrogen-bond donors (Lipinski definition) is 1. The van der Waals surface area contributed by atoms with E-state index in [0.717, 1.165) is 11.1 Å². The first-order valence-electron chi connectivity index (χ1n) is 9.15.